The molecule has 1 N–H and O–H groups in total. The summed E-state index contributed by atoms with van der Waals surface area (Å²) in [6.45, 7) is 16.5. The third-order valence-corrected chi connectivity index (χ3v) is 5.13. The van der Waals surface area contributed by atoms with Gasteiger partial charge in [-0.25, -0.2) is 4.98 Å². The summed E-state index contributed by atoms with van der Waals surface area (Å²) in [5.74, 6) is 1.02. The van der Waals surface area contributed by atoms with E-state index in [2.05, 4.69) is 53.8 Å². The highest BCUT2D eigenvalue weighted by Gasteiger charge is 2.16. The zero-order valence-corrected chi connectivity index (χ0v) is 15.0. The van der Waals surface area contributed by atoms with Gasteiger partial charge in [0.05, 0.1) is 5.69 Å². The molecular formula is C15H28N2S2. The molecule has 0 atom stereocenters. The maximum Gasteiger partial charge on any atom is 0.103 e. The van der Waals surface area contributed by atoms with Crippen molar-refractivity contribution in [3.05, 3.63) is 15.6 Å². The normalized spacial score (nSPS) is 13.0. The van der Waals surface area contributed by atoms with E-state index in [1.807, 2.05) is 23.1 Å². The predicted octanol–water partition coefficient (Wildman–Crippen LogP) is 4.63. The van der Waals surface area contributed by atoms with Crippen molar-refractivity contribution in [3.8, 4) is 0 Å². The molecule has 110 valence electrons. The average molecular weight is 301 g/mol. The number of thioether (sulfide) groups is 1. The standard InChI is InChI=1S/C15H28N2S2/c1-8-11-12(9-16-14(2,3)4)19-13(17-11)10-18-15(5,6)7/h16H,8-10H2,1-7H3. The smallest absolute Gasteiger partial charge is 0.103 e. The van der Waals surface area contributed by atoms with E-state index in [4.69, 9.17) is 4.98 Å². The Morgan fingerprint density at radius 1 is 1.16 bits per heavy atom. The minimum atomic E-state index is 0.162. The van der Waals surface area contributed by atoms with Crippen molar-refractivity contribution in [1.82, 2.24) is 10.3 Å². The Labute approximate surface area is 126 Å². The summed E-state index contributed by atoms with van der Waals surface area (Å²) in [7, 11) is 0. The summed E-state index contributed by atoms with van der Waals surface area (Å²) in [6.07, 6.45) is 1.03. The van der Waals surface area contributed by atoms with Crippen LogP contribution in [0.2, 0.25) is 0 Å². The van der Waals surface area contributed by atoms with Crippen LogP contribution in [0.3, 0.4) is 0 Å². The van der Waals surface area contributed by atoms with E-state index in [0.29, 0.717) is 4.75 Å². The fraction of sp³-hybridized carbons (Fsp3) is 0.800. The minimum absolute atomic E-state index is 0.162. The molecule has 0 amide bonds. The monoisotopic (exact) mass is 300 g/mol. The van der Waals surface area contributed by atoms with Crippen molar-refractivity contribution in [2.24, 2.45) is 0 Å². The lowest BCUT2D eigenvalue weighted by molar-refractivity contribution is 0.425. The van der Waals surface area contributed by atoms with Crippen molar-refractivity contribution < 1.29 is 0 Å². The third-order valence-electron chi connectivity index (χ3n) is 2.57. The zero-order valence-electron chi connectivity index (χ0n) is 13.4. The predicted molar refractivity (Wildman–Crippen MR) is 89.1 cm³/mol. The summed E-state index contributed by atoms with van der Waals surface area (Å²) >= 11 is 3.84. The Morgan fingerprint density at radius 2 is 1.79 bits per heavy atom. The molecule has 0 saturated carbocycles. The van der Waals surface area contributed by atoms with Gasteiger partial charge in [-0.05, 0) is 27.2 Å². The molecule has 1 rings (SSSR count). The highest BCUT2D eigenvalue weighted by atomic mass is 32.2. The fourth-order valence-electron chi connectivity index (χ4n) is 1.54. The molecule has 0 bridgehead atoms. The van der Waals surface area contributed by atoms with Gasteiger partial charge in [0.15, 0.2) is 0 Å². The van der Waals surface area contributed by atoms with Crippen molar-refractivity contribution in [3.63, 3.8) is 0 Å². The van der Waals surface area contributed by atoms with Crippen molar-refractivity contribution in [2.45, 2.75) is 77.5 Å². The molecule has 1 aromatic rings. The van der Waals surface area contributed by atoms with Crippen LogP contribution in [-0.2, 0) is 18.7 Å². The van der Waals surface area contributed by atoms with Crippen molar-refractivity contribution >= 4 is 23.1 Å². The van der Waals surface area contributed by atoms with Gasteiger partial charge in [0.2, 0.25) is 0 Å². The number of rotatable bonds is 5. The molecule has 0 saturated heterocycles. The van der Waals surface area contributed by atoms with Gasteiger partial charge in [0, 0.05) is 27.5 Å². The van der Waals surface area contributed by atoms with Gasteiger partial charge in [-0.2, -0.15) is 0 Å². The molecule has 0 fully saturated rings. The van der Waals surface area contributed by atoms with Crippen LogP contribution < -0.4 is 5.32 Å². The number of hydrogen-bond donors (Lipinski definition) is 1. The largest absolute Gasteiger partial charge is 0.307 e. The number of nitrogens with zero attached hydrogens (tertiary/aromatic N) is 1. The van der Waals surface area contributed by atoms with E-state index in [1.165, 1.54) is 15.6 Å². The highest BCUT2D eigenvalue weighted by molar-refractivity contribution is 7.99. The summed E-state index contributed by atoms with van der Waals surface area (Å²) in [6, 6.07) is 0. The van der Waals surface area contributed by atoms with E-state index in [9.17, 15) is 0 Å². The van der Waals surface area contributed by atoms with Crippen LogP contribution in [0, 0.1) is 0 Å². The van der Waals surface area contributed by atoms with Crippen LogP contribution in [0.1, 0.15) is 64.0 Å². The molecule has 0 aliphatic heterocycles. The van der Waals surface area contributed by atoms with Crippen LogP contribution in [0.15, 0.2) is 0 Å². The van der Waals surface area contributed by atoms with Crippen LogP contribution in [-0.4, -0.2) is 15.3 Å². The molecule has 0 unspecified atom stereocenters. The van der Waals surface area contributed by atoms with Gasteiger partial charge < -0.3 is 5.32 Å². The maximum atomic E-state index is 4.79. The van der Waals surface area contributed by atoms with E-state index < -0.39 is 0 Å². The van der Waals surface area contributed by atoms with E-state index in [1.54, 1.807) is 0 Å². The molecule has 0 spiro atoms. The molecule has 4 heteroatoms. The Hall–Kier alpha value is -0.0600. The number of nitrogens with one attached hydrogen (secondary N) is 1. The lowest BCUT2D eigenvalue weighted by Gasteiger charge is -2.20. The first kappa shape index (κ1) is 17.0. The molecule has 0 aliphatic rings. The molecule has 2 nitrogen and oxygen atoms in total. The SMILES string of the molecule is CCc1nc(CSC(C)(C)C)sc1CNC(C)(C)C. The van der Waals surface area contributed by atoms with Gasteiger partial charge in [-0.1, -0.05) is 27.7 Å². The first-order chi connectivity index (χ1) is 8.61. The summed E-state index contributed by atoms with van der Waals surface area (Å²) < 4.78 is 0.307. The Balaban J connectivity index is 2.69. The number of thiazole rings is 1. The van der Waals surface area contributed by atoms with Crippen LogP contribution >= 0.6 is 23.1 Å². The first-order valence-electron chi connectivity index (χ1n) is 6.97. The summed E-state index contributed by atoms with van der Waals surface area (Å²) in [5, 5.41) is 4.83. The average Bonchev–Trinajstić information content (AvgIpc) is 2.64. The molecule has 0 aromatic carbocycles. The lowest BCUT2D eigenvalue weighted by atomic mass is 10.1. The minimum Gasteiger partial charge on any atom is -0.307 e. The quantitative estimate of drug-likeness (QED) is 0.858. The van der Waals surface area contributed by atoms with E-state index in [-0.39, 0.29) is 5.54 Å². The highest BCUT2D eigenvalue weighted by Crippen LogP contribution is 2.30. The Bertz CT molecular complexity index is 397. The first-order valence-corrected chi connectivity index (χ1v) is 8.77. The Kier molecular flexibility index (Phi) is 5.90. The number of hydrogen-bond acceptors (Lipinski definition) is 4. The van der Waals surface area contributed by atoms with Crippen LogP contribution in [0.4, 0.5) is 0 Å². The summed E-state index contributed by atoms with van der Waals surface area (Å²) in [5.41, 5.74) is 1.43. The third kappa shape index (κ3) is 6.77. The maximum absolute atomic E-state index is 4.79. The van der Waals surface area contributed by atoms with Gasteiger partial charge >= 0.3 is 0 Å². The molecule has 19 heavy (non-hydrogen) atoms. The molecule has 1 heterocycles. The molecule has 0 radical (unpaired) electrons. The lowest BCUT2D eigenvalue weighted by Crippen LogP contribution is -2.35. The molecular weight excluding hydrogens is 272 g/mol. The van der Waals surface area contributed by atoms with Crippen LogP contribution in [0.5, 0.6) is 0 Å². The Morgan fingerprint density at radius 3 is 2.26 bits per heavy atom. The topological polar surface area (TPSA) is 24.9 Å². The second-order valence-electron chi connectivity index (χ2n) is 6.84. The van der Waals surface area contributed by atoms with Gasteiger partial charge in [-0.15, -0.1) is 23.1 Å². The van der Waals surface area contributed by atoms with E-state index in [0.717, 1.165) is 18.7 Å². The van der Waals surface area contributed by atoms with Crippen molar-refractivity contribution in [1.29, 1.82) is 0 Å². The van der Waals surface area contributed by atoms with Gasteiger partial charge in [0.25, 0.3) is 0 Å². The number of aryl methyl sites for hydroxylation is 1. The number of aromatic nitrogens is 1. The molecule has 0 aliphatic carbocycles. The van der Waals surface area contributed by atoms with Crippen LogP contribution in [0.25, 0.3) is 0 Å². The second-order valence-corrected chi connectivity index (χ2v) is 9.81. The van der Waals surface area contributed by atoms with Gasteiger partial charge in [0.1, 0.15) is 5.01 Å². The fourth-order valence-corrected chi connectivity index (χ4v) is 3.46. The molecule has 1 aromatic heterocycles. The van der Waals surface area contributed by atoms with E-state index >= 15 is 0 Å². The van der Waals surface area contributed by atoms with Gasteiger partial charge in [-0.3, -0.25) is 0 Å². The zero-order chi connectivity index (χ0) is 14.7. The second kappa shape index (κ2) is 6.59. The van der Waals surface area contributed by atoms with Crippen molar-refractivity contribution in [2.75, 3.05) is 0 Å². The summed E-state index contributed by atoms with van der Waals surface area (Å²) in [4.78, 5) is 6.19.